The highest BCUT2D eigenvalue weighted by Gasteiger charge is 2.06. The predicted octanol–water partition coefficient (Wildman–Crippen LogP) is 2.10. The van der Waals surface area contributed by atoms with Gasteiger partial charge in [-0.05, 0) is 25.0 Å². The Hall–Kier alpha value is -1.75. The summed E-state index contributed by atoms with van der Waals surface area (Å²) < 4.78 is 27.8. The molecule has 1 atom stereocenters. The summed E-state index contributed by atoms with van der Waals surface area (Å²) in [5, 5.41) is 4.13. The molecule has 0 aliphatic carbocycles. The number of hydrogen-bond donors (Lipinski definition) is 1. The van der Waals surface area contributed by atoms with E-state index in [4.69, 9.17) is 5.73 Å². The molecule has 0 bridgehead atoms. The topological polar surface area (TPSA) is 43.8 Å². The van der Waals surface area contributed by atoms with Crippen LogP contribution in [0.4, 0.5) is 8.78 Å². The van der Waals surface area contributed by atoms with Crippen LogP contribution in [0.2, 0.25) is 0 Å². The van der Waals surface area contributed by atoms with Crippen molar-refractivity contribution in [3.63, 3.8) is 0 Å². The largest absolute Gasteiger partial charge is 0.328 e. The fourth-order valence-electron chi connectivity index (χ4n) is 1.79. The average Bonchev–Trinajstić information content (AvgIpc) is 2.69. The number of nitrogens with zero attached hydrogens (tertiary/aromatic N) is 2. The molecule has 1 aromatic heterocycles. The minimum absolute atomic E-state index is 0.0604. The third-order valence-electron chi connectivity index (χ3n) is 2.59. The van der Waals surface area contributed by atoms with E-state index in [9.17, 15) is 8.78 Å². The van der Waals surface area contributed by atoms with Crippen LogP contribution in [-0.2, 0) is 13.0 Å². The summed E-state index contributed by atoms with van der Waals surface area (Å²) in [5.74, 6) is -1.13. The molecule has 2 rings (SSSR count). The van der Waals surface area contributed by atoms with E-state index >= 15 is 0 Å². The van der Waals surface area contributed by atoms with Gasteiger partial charge in [0.05, 0.1) is 12.7 Å². The average molecular weight is 251 g/mol. The molecule has 0 fully saturated rings. The maximum atomic E-state index is 13.5. The Morgan fingerprint density at radius 3 is 2.83 bits per heavy atom. The van der Waals surface area contributed by atoms with Gasteiger partial charge in [-0.3, -0.25) is 4.68 Å². The lowest BCUT2D eigenvalue weighted by atomic mass is 10.1. The third-order valence-corrected chi connectivity index (χ3v) is 2.59. The first-order chi connectivity index (χ1) is 8.54. The summed E-state index contributed by atoms with van der Waals surface area (Å²) >= 11 is 0. The van der Waals surface area contributed by atoms with Crippen LogP contribution in [0.5, 0.6) is 0 Å². The van der Waals surface area contributed by atoms with Crippen LogP contribution in [0, 0.1) is 11.6 Å². The Morgan fingerprint density at radius 2 is 2.17 bits per heavy atom. The molecule has 1 unspecified atom stereocenters. The van der Waals surface area contributed by atoms with Gasteiger partial charge in [0.25, 0.3) is 0 Å². The SMILES string of the molecule is CC(N)Cc1cnn(Cc2ccc(F)cc2F)c1. The smallest absolute Gasteiger partial charge is 0.131 e. The molecule has 0 spiro atoms. The normalized spacial score (nSPS) is 12.7. The molecule has 0 aliphatic rings. The lowest BCUT2D eigenvalue weighted by Gasteiger charge is -2.04. The second kappa shape index (κ2) is 5.27. The quantitative estimate of drug-likeness (QED) is 0.904. The van der Waals surface area contributed by atoms with Crippen LogP contribution < -0.4 is 5.73 Å². The van der Waals surface area contributed by atoms with Crippen molar-refractivity contribution in [1.29, 1.82) is 0 Å². The molecule has 0 saturated carbocycles. The Balaban J connectivity index is 2.11. The highest BCUT2D eigenvalue weighted by molar-refractivity contribution is 5.19. The van der Waals surface area contributed by atoms with E-state index in [1.165, 1.54) is 12.1 Å². The number of halogens is 2. The number of nitrogens with two attached hydrogens (primary N) is 1. The van der Waals surface area contributed by atoms with E-state index in [2.05, 4.69) is 5.10 Å². The molecular weight excluding hydrogens is 236 g/mol. The number of aromatic nitrogens is 2. The van der Waals surface area contributed by atoms with Crippen molar-refractivity contribution in [2.75, 3.05) is 0 Å². The number of rotatable bonds is 4. The molecule has 3 nitrogen and oxygen atoms in total. The minimum Gasteiger partial charge on any atom is -0.328 e. The van der Waals surface area contributed by atoms with Crippen LogP contribution in [0.3, 0.4) is 0 Å². The van der Waals surface area contributed by atoms with Crippen LogP contribution in [0.25, 0.3) is 0 Å². The van der Waals surface area contributed by atoms with Gasteiger partial charge in [-0.25, -0.2) is 8.78 Å². The Bertz CT molecular complexity index is 535. The van der Waals surface area contributed by atoms with Gasteiger partial charge in [-0.15, -0.1) is 0 Å². The lowest BCUT2D eigenvalue weighted by molar-refractivity contribution is 0.558. The molecule has 1 aromatic carbocycles. The van der Waals surface area contributed by atoms with E-state index < -0.39 is 11.6 Å². The van der Waals surface area contributed by atoms with Crippen molar-refractivity contribution in [2.24, 2.45) is 5.73 Å². The summed E-state index contributed by atoms with van der Waals surface area (Å²) in [6.45, 7) is 2.20. The zero-order valence-corrected chi connectivity index (χ0v) is 10.1. The van der Waals surface area contributed by atoms with Gasteiger partial charge >= 0.3 is 0 Å². The predicted molar refractivity (Wildman–Crippen MR) is 65.0 cm³/mol. The van der Waals surface area contributed by atoms with Crippen molar-refractivity contribution in [3.8, 4) is 0 Å². The molecule has 96 valence electrons. The molecule has 2 aromatic rings. The summed E-state index contributed by atoms with van der Waals surface area (Å²) in [7, 11) is 0. The van der Waals surface area contributed by atoms with Crippen LogP contribution >= 0.6 is 0 Å². The molecule has 0 aliphatic heterocycles. The minimum atomic E-state index is -0.575. The third kappa shape index (κ3) is 3.13. The van der Waals surface area contributed by atoms with Crippen molar-refractivity contribution in [2.45, 2.75) is 25.9 Å². The highest BCUT2D eigenvalue weighted by atomic mass is 19.1. The zero-order valence-electron chi connectivity index (χ0n) is 10.1. The molecule has 18 heavy (non-hydrogen) atoms. The Labute approximate surface area is 104 Å². The van der Waals surface area contributed by atoms with Gasteiger partial charge in [0.1, 0.15) is 11.6 Å². The molecule has 1 heterocycles. The van der Waals surface area contributed by atoms with Crippen molar-refractivity contribution >= 4 is 0 Å². The van der Waals surface area contributed by atoms with Gasteiger partial charge in [0.2, 0.25) is 0 Å². The van der Waals surface area contributed by atoms with Gasteiger partial charge in [-0.2, -0.15) is 5.10 Å². The Morgan fingerprint density at radius 1 is 1.39 bits per heavy atom. The second-order valence-electron chi connectivity index (χ2n) is 4.46. The van der Waals surface area contributed by atoms with Gasteiger partial charge in [0.15, 0.2) is 0 Å². The highest BCUT2D eigenvalue weighted by Crippen LogP contribution is 2.11. The molecule has 0 radical (unpaired) electrons. The summed E-state index contributed by atoms with van der Waals surface area (Å²) in [6.07, 6.45) is 4.27. The van der Waals surface area contributed by atoms with Crippen LogP contribution in [0.15, 0.2) is 30.6 Å². The van der Waals surface area contributed by atoms with Gasteiger partial charge in [0, 0.05) is 23.9 Å². The van der Waals surface area contributed by atoms with Gasteiger partial charge < -0.3 is 5.73 Å². The molecule has 5 heteroatoms. The first-order valence-electron chi connectivity index (χ1n) is 5.75. The second-order valence-corrected chi connectivity index (χ2v) is 4.46. The zero-order chi connectivity index (χ0) is 13.1. The van der Waals surface area contributed by atoms with E-state index in [0.717, 1.165) is 18.1 Å². The molecule has 2 N–H and O–H groups in total. The maximum Gasteiger partial charge on any atom is 0.131 e. The summed E-state index contributed by atoms with van der Waals surface area (Å²) in [5.41, 5.74) is 7.10. The fourth-order valence-corrected chi connectivity index (χ4v) is 1.79. The van der Waals surface area contributed by atoms with Crippen LogP contribution in [-0.4, -0.2) is 15.8 Å². The van der Waals surface area contributed by atoms with Crippen molar-refractivity contribution in [1.82, 2.24) is 9.78 Å². The summed E-state index contributed by atoms with van der Waals surface area (Å²) in [6, 6.07) is 3.61. The lowest BCUT2D eigenvalue weighted by Crippen LogP contribution is -2.17. The van der Waals surface area contributed by atoms with E-state index in [1.807, 2.05) is 13.1 Å². The molecule has 0 saturated heterocycles. The van der Waals surface area contributed by atoms with Crippen LogP contribution in [0.1, 0.15) is 18.1 Å². The first kappa shape index (κ1) is 12.7. The Kier molecular flexibility index (Phi) is 3.72. The molecular formula is C13H15F2N3. The number of benzene rings is 1. The van der Waals surface area contributed by atoms with Gasteiger partial charge in [-0.1, -0.05) is 6.07 Å². The maximum absolute atomic E-state index is 13.5. The standard InChI is InChI=1S/C13H15F2N3/c1-9(16)4-10-6-17-18(7-10)8-11-2-3-12(14)5-13(11)15/h2-3,5-7,9H,4,8,16H2,1H3. The van der Waals surface area contributed by atoms with E-state index in [1.54, 1.807) is 10.9 Å². The van der Waals surface area contributed by atoms with Crippen molar-refractivity contribution < 1.29 is 8.78 Å². The van der Waals surface area contributed by atoms with Crippen molar-refractivity contribution in [3.05, 3.63) is 53.4 Å². The van der Waals surface area contributed by atoms with E-state index in [-0.39, 0.29) is 12.6 Å². The summed E-state index contributed by atoms with van der Waals surface area (Å²) in [4.78, 5) is 0. The number of hydrogen-bond acceptors (Lipinski definition) is 2. The van der Waals surface area contributed by atoms with E-state index in [0.29, 0.717) is 5.56 Å². The monoisotopic (exact) mass is 251 g/mol. The molecule has 0 amide bonds. The fraction of sp³-hybridized carbons (Fsp3) is 0.308. The first-order valence-corrected chi connectivity index (χ1v) is 5.75.